The van der Waals surface area contributed by atoms with Gasteiger partial charge < -0.3 is 20.1 Å². The summed E-state index contributed by atoms with van der Waals surface area (Å²) in [6.45, 7) is 1.45. The van der Waals surface area contributed by atoms with E-state index in [2.05, 4.69) is 15.2 Å². The molecule has 1 heterocycles. The molecule has 0 amide bonds. The Morgan fingerprint density at radius 2 is 2.04 bits per heavy atom. The van der Waals surface area contributed by atoms with Gasteiger partial charge in [0.2, 0.25) is 0 Å². The Morgan fingerprint density at radius 1 is 1.32 bits per heavy atom. The Bertz CT molecular complexity index is 807. The molecule has 1 aliphatic heterocycles. The number of sulfone groups is 1. The number of aromatic hydroxyl groups is 1. The average Bonchev–Trinajstić information content (AvgIpc) is 2.66. The van der Waals surface area contributed by atoms with E-state index in [1.165, 1.54) is 7.11 Å². The van der Waals surface area contributed by atoms with E-state index in [1.807, 2.05) is 6.07 Å². The van der Waals surface area contributed by atoms with Crippen molar-refractivity contribution in [1.82, 2.24) is 10.2 Å². The zero-order valence-electron chi connectivity index (χ0n) is 16.5. The quantitative estimate of drug-likeness (QED) is 0.360. The van der Waals surface area contributed by atoms with Gasteiger partial charge in [-0.1, -0.05) is 25.3 Å². The molecule has 2 aliphatic rings. The number of guanidine groups is 1. The number of hydrogen-bond acceptors (Lipinski definition) is 5. The molecule has 3 rings (SSSR count). The summed E-state index contributed by atoms with van der Waals surface area (Å²) in [7, 11) is 0.154. The van der Waals surface area contributed by atoms with Gasteiger partial charge in [0.15, 0.2) is 27.3 Å². The minimum atomic E-state index is -3.07. The molecule has 1 spiro atoms. The number of benzene rings is 1. The van der Waals surface area contributed by atoms with Crippen LogP contribution in [0, 0.1) is 0 Å². The Labute approximate surface area is 184 Å². The van der Waals surface area contributed by atoms with Crippen LogP contribution in [0.25, 0.3) is 0 Å². The fraction of sp³-hybridized carbons (Fsp3) is 0.632. The highest BCUT2D eigenvalue weighted by atomic mass is 127. The normalized spacial score (nSPS) is 21.1. The lowest BCUT2D eigenvalue weighted by Gasteiger charge is -2.45. The van der Waals surface area contributed by atoms with Crippen molar-refractivity contribution in [2.75, 3.05) is 33.0 Å². The van der Waals surface area contributed by atoms with Gasteiger partial charge in [-0.05, 0) is 30.5 Å². The number of phenolic OH excluding ortho intramolecular Hbond substituents is 1. The van der Waals surface area contributed by atoms with Gasteiger partial charge in [0.05, 0.1) is 17.6 Å². The molecule has 0 bridgehead atoms. The first-order valence-electron chi connectivity index (χ1n) is 9.44. The molecule has 1 aliphatic carbocycles. The number of ether oxygens (including phenoxy) is 1. The summed E-state index contributed by atoms with van der Waals surface area (Å²) < 4.78 is 30.0. The molecule has 0 atom stereocenters. The van der Waals surface area contributed by atoms with Crippen LogP contribution in [0.15, 0.2) is 23.2 Å². The van der Waals surface area contributed by atoms with Gasteiger partial charge in [-0.2, -0.15) is 0 Å². The third-order valence-corrected chi connectivity index (χ3v) is 8.32. The van der Waals surface area contributed by atoms with Crippen molar-refractivity contribution in [1.29, 1.82) is 0 Å². The van der Waals surface area contributed by atoms with Gasteiger partial charge >= 0.3 is 0 Å². The summed E-state index contributed by atoms with van der Waals surface area (Å²) >= 11 is 0. The van der Waals surface area contributed by atoms with Crippen molar-refractivity contribution in [2.24, 2.45) is 4.99 Å². The van der Waals surface area contributed by atoms with E-state index >= 15 is 0 Å². The van der Waals surface area contributed by atoms with Crippen LogP contribution in [-0.4, -0.2) is 62.1 Å². The zero-order valence-corrected chi connectivity index (χ0v) is 19.6. The molecule has 158 valence electrons. The van der Waals surface area contributed by atoms with Crippen LogP contribution >= 0.6 is 24.0 Å². The smallest absolute Gasteiger partial charge is 0.193 e. The maximum atomic E-state index is 12.8. The third kappa shape index (κ3) is 4.67. The van der Waals surface area contributed by atoms with Crippen molar-refractivity contribution in [2.45, 2.75) is 43.4 Å². The lowest BCUT2D eigenvalue weighted by molar-refractivity contribution is 0.274. The molecule has 2 fully saturated rings. The van der Waals surface area contributed by atoms with Crippen molar-refractivity contribution in [3.63, 3.8) is 0 Å². The summed E-state index contributed by atoms with van der Waals surface area (Å²) in [5.41, 5.74) is 0.895. The lowest BCUT2D eigenvalue weighted by atomic mass is 9.87. The fourth-order valence-electron chi connectivity index (χ4n) is 4.18. The molecule has 7 nitrogen and oxygen atoms in total. The Kier molecular flexibility index (Phi) is 7.83. The fourth-order valence-corrected chi connectivity index (χ4v) is 6.33. The molecule has 0 radical (unpaired) electrons. The number of rotatable bonds is 3. The second kappa shape index (κ2) is 9.51. The molecule has 2 N–H and O–H groups in total. The first-order chi connectivity index (χ1) is 12.9. The van der Waals surface area contributed by atoms with Crippen molar-refractivity contribution in [3.8, 4) is 11.5 Å². The summed E-state index contributed by atoms with van der Waals surface area (Å²) in [6.07, 6.45) is 4.56. The van der Waals surface area contributed by atoms with Gasteiger partial charge in [0, 0.05) is 26.7 Å². The molecule has 0 unspecified atom stereocenters. The van der Waals surface area contributed by atoms with Crippen molar-refractivity contribution < 1.29 is 18.3 Å². The Balaban J connectivity index is 0.00000280. The van der Waals surface area contributed by atoms with Crippen LogP contribution < -0.4 is 10.1 Å². The number of methoxy groups -OCH3 is 1. The number of nitrogens with one attached hydrogen (secondary N) is 1. The van der Waals surface area contributed by atoms with Gasteiger partial charge in [0.25, 0.3) is 0 Å². The second-order valence-electron chi connectivity index (χ2n) is 7.39. The van der Waals surface area contributed by atoms with Gasteiger partial charge in [-0.25, -0.2) is 8.42 Å². The molecule has 1 saturated heterocycles. The minimum absolute atomic E-state index is 0. The van der Waals surface area contributed by atoms with E-state index < -0.39 is 14.6 Å². The SMILES string of the molecule is CN=C(NCc1ccc(OC)c(O)c1)N1CCS(=O)(=O)C2(CCCCC2)C1.I. The minimum Gasteiger partial charge on any atom is -0.504 e. The average molecular weight is 523 g/mol. The second-order valence-corrected chi connectivity index (χ2v) is 9.89. The predicted octanol–water partition coefficient (Wildman–Crippen LogP) is 2.53. The number of phenols is 1. The maximum Gasteiger partial charge on any atom is 0.193 e. The molecule has 1 aromatic carbocycles. The number of hydrogen-bond donors (Lipinski definition) is 2. The van der Waals surface area contributed by atoms with E-state index in [4.69, 9.17) is 4.74 Å². The molecule has 0 aromatic heterocycles. The van der Waals surface area contributed by atoms with Crippen LogP contribution in [0.5, 0.6) is 11.5 Å². The lowest BCUT2D eigenvalue weighted by Crippen LogP contribution is -2.60. The van der Waals surface area contributed by atoms with E-state index in [1.54, 1.807) is 19.2 Å². The van der Waals surface area contributed by atoms with E-state index in [9.17, 15) is 13.5 Å². The van der Waals surface area contributed by atoms with E-state index in [-0.39, 0.29) is 35.5 Å². The summed E-state index contributed by atoms with van der Waals surface area (Å²) in [5.74, 6) is 1.41. The number of halogens is 1. The first-order valence-corrected chi connectivity index (χ1v) is 11.1. The van der Waals surface area contributed by atoms with E-state index in [0.717, 1.165) is 37.7 Å². The summed E-state index contributed by atoms with van der Waals surface area (Å²) in [5, 5.41) is 13.2. The van der Waals surface area contributed by atoms with E-state index in [0.29, 0.717) is 31.3 Å². The maximum absolute atomic E-state index is 12.8. The Hall–Kier alpha value is -1.23. The van der Waals surface area contributed by atoms with Crippen LogP contribution in [-0.2, 0) is 16.4 Å². The highest BCUT2D eigenvalue weighted by Crippen LogP contribution is 2.38. The zero-order chi connectivity index (χ0) is 19.5. The molecule has 9 heteroatoms. The number of aliphatic imine (C=N–C) groups is 1. The Morgan fingerprint density at radius 3 is 2.64 bits per heavy atom. The highest BCUT2D eigenvalue weighted by molar-refractivity contribution is 14.0. The largest absolute Gasteiger partial charge is 0.504 e. The topological polar surface area (TPSA) is 91.2 Å². The monoisotopic (exact) mass is 523 g/mol. The summed E-state index contributed by atoms with van der Waals surface area (Å²) in [4.78, 5) is 6.42. The molecular weight excluding hydrogens is 493 g/mol. The van der Waals surface area contributed by atoms with Gasteiger partial charge in [0.1, 0.15) is 0 Å². The van der Waals surface area contributed by atoms with Gasteiger partial charge in [-0.3, -0.25) is 4.99 Å². The van der Waals surface area contributed by atoms with Crippen LogP contribution in [0.2, 0.25) is 0 Å². The molecule has 1 aromatic rings. The van der Waals surface area contributed by atoms with Gasteiger partial charge in [-0.15, -0.1) is 24.0 Å². The predicted molar refractivity (Wildman–Crippen MR) is 121 cm³/mol. The van der Waals surface area contributed by atoms with Crippen LogP contribution in [0.4, 0.5) is 0 Å². The van der Waals surface area contributed by atoms with Crippen molar-refractivity contribution >= 4 is 39.8 Å². The molecule has 28 heavy (non-hydrogen) atoms. The molecular formula is C19H30IN3O4S. The van der Waals surface area contributed by atoms with Crippen molar-refractivity contribution in [3.05, 3.63) is 23.8 Å². The van der Waals surface area contributed by atoms with Crippen LogP contribution in [0.1, 0.15) is 37.7 Å². The first kappa shape index (κ1) is 23.1. The third-order valence-electron chi connectivity index (χ3n) is 5.74. The van der Waals surface area contributed by atoms with Crippen LogP contribution in [0.3, 0.4) is 0 Å². The standard InChI is InChI=1S/C19H29N3O4S.HI/c1-20-18(21-13-15-6-7-17(26-2)16(23)12-15)22-10-11-27(24,25)19(14-22)8-4-3-5-9-19;/h6-7,12,23H,3-5,8-11,13-14H2,1-2H3,(H,20,21);1H. The number of nitrogens with zero attached hydrogens (tertiary/aromatic N) is 2. The molecule has 1 saturated carbocycles. The summed E-state index contributed by atoms with van der Waals surface area (Å²) in [6, 6.07) is 5.25. The highest BCUT2D eigenvalue weighted by Gasteiger charge is 2.48.